The minimum atomic E-state index is 0.0427. The van der Waals surface area contributed by atoms with Gasteiger partial charge in [0, 0.05) is 11.6 Å². The molecule has 0 aromatic rings. The van der Waals surface area contributed by atoms with Crippen LogP contribution in [0.4, 0.5) is 0 Å². The Balaban J connectivity index is 2.80. The number of ether oxygens (including phenoxy) is 1. The predicted octanol–water partition coefficient (Wildman–Crippen LogP) is 2.53. The first-order valence-electron chi connectivity index (χ1n) is 4.20. The van der Waals surface area contributed by atoms with Crippen molar-refractivity contribution in [2.45, 2.75) is 20.8 Å². The Labute approximate surface area is 73.6 Å². The smallest absolute Gasteiger partial charge is 0.134 e. The monoisotopic (exact) mass is 165 g/mol. The fraction of sp³-hybridized carbons (Fsp3) is 0.500. The lowest BCUT2D eigenvalue weighted by Gasteiger charge is -2.14. The van der Waals surface area contributed by atoms with E-state index in [1.807, 2.05) is 13.1 Å². The molecule has 2 nitrogen and oxygen atoms in total. The van der Waals surface area contributed by atoms with Crippen LogP contribution in [0.1, 0.15) is 20.8 Å². The molecule has 1 aliphatic rings. The van der Waals surface area contributed by atoms with Gasteiger partial charge in [0.15, 0.2) is 0 Å². The third-order valence-corrected chi connectivity index (χ3v) is 1.62. The molecule has 0 aliphatic carbocycles. The second kappa shape index (κ2) is 3.57. The highest BCUT2D eigenvalue weighted by Gasteiger charge is 2.13. The highest BCUT2D eigenvalue weighted by atomic mass is 16.5. The molecular formula is C10H15NO. The molecule has 0 fully saturated rings. The zero-order valence-electron chi connectivity index (χ0n) is 7.87. The molecule has 0 N–H and O–H groups in total. The highest BCUT2D eigenvalue weighted by molar-refractivity contribution is 5.77. The lowest BCUT2D eigenvalue weighted by atomic mass is 9.93. The van der Waals surface area contributed by atoms with E-state index >= 15 is 0 Å². The van der Waals surface area contributed by atoms with Crippen molar-refractivity contribution in [3.8, 4) is 0 Å². The number of allylic oxidation sites excluding steroid dienone is 3. The standard InChI is InChI=1S/C10H15NO/c1-4-12-9-7-10(2,3)5-6-11-8-9/h5-8H,4H2,1-3H3. The van der Waals surface area contributed by atoms with Crippen molar-refractivity contribution in [3.05, 3.63) is 24.1 Å². The summed E-state index contributed by atoms with van der Waals surface area (Å²) in [6, 6.07) is 0. The fourth-order valence-electron chi connectivity index (χ4n) is 1.05. The third-order valence-electron chi connectivity index (χ3n) is 1.62. The van der Waals surface area contributed by atoms with Gasteiger partial charge >= 0.3 is 0 Å². The number of nitrogens with zero attached hydrogens (tertiary/aromatic N) is 1. The average Bonchev–Trinajstić information content (AvgIpc) is 2.11. The summed E-state index contributed by atoms with van der Waals surface area (Å²) in [6.45, 7) is 6.91. The number of rotatable bonds is 2. The molecule has 1 aliphatic heterocycles. The van der Waals surface area contributed by atoms with E-state index in [9.17, 15) is 0 Å². The van der Waals surface area contributed by atoms with Crippen LogP contribution in [0.3, 0.4) is 0 Å². The van der Waals surface area contributed by atoms with E-state index in [0.29, 0.717) is 6.61 Å². The van der Waals surface area contributed by atoms with Gasteiger partial charge in [-0.25, -0.2) is 0 Å². The van der Waals surface area contributed by atoms with E-state index in [0.717, 1.165) is 5.76 Å². The molecule has 2 heteroatoms. The summed E-state index contributed by atoms with van der Waals surface area (Å²) in [5, 5.41) is 0. The van der Waals surface area contributed by atoms with Crippen molar-refractivity contribution in [1.82, 2.24) is 0 Å². The van der Waals surface area contributed by atoms with Crippen LogP contribution in [0.2, 0.25) is 0 Å². The van der Waals surface area contributed by atoms with Crippen LogP contribution in [0.15, 0.2) is 29.1 Å². The Kier molecular flexibility index (Phi) is 2.69. The minimum Gasteiger partial charge on any atom is -0.493 e. The maximum atomic E-state index is 5.37. The molecule has 0 saturated carbocycles. The van der Waals surface area contributed by atoms with Crippen molar-refractivity contribution in [1.29, 1.82) is 0 Å². The number of hydrogen-bond acceptors (Lipinski definition) is 2. The van der Waals surface area contributed by atoms with E-state index in [2.05, 4.69) is 31.0 Å². The lowest BCUT2D eigenvalue weighted by Crippen LogP contribution is -2.04. The zero-order valence-corrected chi connectivity index (χ0v) is 7.87. The molecule has 0 aromatic carbocycles. The van der Waals surface area contributed by atoms with Gasteiger partial charge in [-0.1, -0.05) is 19.9 Å². The Morgan fingerprint density at radius 2 is 2.25 bits per heavy atom. The van der Waals surface area contributed by atoms with Crippen molar-refractivity contribution in [3.63, 3.8) is 0 Å². The van der Waals surface area contributed by atoms with Gasteiger partial charge in [-0.15, -0.1) is 0 Å². The Bertz CT molecular complexity index is 236. The summed E-state index contributed by atoms with van der Waals surface area (Å²) in [5.41, 5.74) is 0.0427. The summed E-state index contributed by atoms with van der Waals surface area (Å²) in [6.07, 6.45) is 7.68. The topological polar surface area (TPSA) is 21.6 Å². The van der Waals surface area contributed by atoms with Crippen molar-refractivity contribution >= 4 is 6.21 Å². The van der Waals surface area contributed by atoms with Gasteiger partial charge in [-0.3, -0.25) is 4.99 Å². The van der Waals surface area contributed by atoms with E-state index in [-0.39, 0.29) is 5.41 Å². The predicted molar refractivity (Wildman–Crippen MR) is 51.1 cm³/mol. The second-order valence-electron chi connectivity index (χ2n) is 3.39. The van der Waals surface area contributed by atoms with Gasteiger partial charge in [-0.2, -0.15) is 0 Å². The maximum Gasteiger partial charge on any atom is 0.134 e. The zero-order chi connectivity index (χ0) is 9.03. The molecule has 0 spiro atoms. The first-order chi connectivity index (χ1) is 5.64. The van der Waals surface area contributed by atoms with E-state index < -0.39 is 0 Å². The van der Waals surface area contributed by atoms with Crippen LogP contribution in [-0.2, 0) is 4.74 Å². The third kappa shape index (κ3) is 2.53. The Hall–Kier alpha value is -1.05. The molecule has 1 rings (SSSR count). The van der Waals surface area contributed by atoms with Crippen LogP contribution in [0.25, 0.3) is 0 Å². The van der Waals surface area contributed by atoms with Gasteiger partial charge in [0.25, 0.3) is 0 Å². The van der Waals surface area contributed by atoms with Crippen molar-refractivity contribution < 1.29 is 4.74 Å². The van der Waals surface area contributed by atoms with Gasteiger partial charge in [0.1, 0.15) is 5.76 Å². The first-order valence-corrected chi connectivity index (χ1v) is 4.20. The summed E-state index contributed by atoms with van der Waals surface area (Å²) in [7, 11) is 0. The molecule has 0 atom stereocenters. The second-order valence-corrected chi connectivity index (χ2v) is 3.39. The molecule has 0 amide bonds. The lowest BCUT2D eigenvalue weighted by molar-refractivity contribution is 0.247. The molecular weight excluding hydrogens is 150 g/mol. The number of aliphatic imine (C=N–C) groups is 1. The van der Waals surface area contributed by atoms with Gasteiger partial charge in [-0.05, 0) is 13.0 Å². The molecule has 0 bridgehead atoms. The van der Waals surface area contributed by atoms with E-state index in [4.69, 9.17) is 4.74 Å². The molecule has 66 valence electrons. The summed E-state index contributed by atoms with van der Waals surface area (Å²) in [5.74, 6) is 0.854. The Morgan fingerprint density at radius 3 is 2.92 bits per heavy atom. The fourth-order valence-corrected chi connectivity index (χ4v) is 1.05. The maximum absolute atomic E-state index is 5.37. The van der Waals surface area contributed by atoms with Crippen LogP contribution >= 0.6 is 0 Å². The van der Waals surface area contributed by atoms with Crippen LogP contribution in [0, 0.1) is 5.41 Å². The first kappa shape index (κ1) is 9.04. The molecule has 12 heavy (non-hydrogen) atoms. The van der Waals surface area contributed by atoms with Crippen molar-refractivity contribution in [2.24, 2.45) is 10.4 Å². The van der Waals surface area contributed by atoms with Crippen molar-refractivity contribution in [2.75, 3.05) is 6.61 Å². The summed E-state index contributed by atoms with van der Waals surface area (Å²) >= 11 is 0. The van der Waals surface area contributed by atoms with Gasteiger partial charge < -0.3 is 4.74 Å². The highest BCUT2D eigenvalue weighted by Crippen LogP contribution is 2.22. The summed E-state index contributed by atoms with van der Waals surface area (Å²) in [4.78, 5) is 4.07. The van der Waals surface area contributed by atoms with Crippen LogP contribution in [-0.4, -0.2) is 12.8 Å². The number of hydrogen-bond donors (Lipinski definition) is 0. The van der Waals surface area contributed by atoms with Gasteiger partial charge in [0.2, 0.25) is 0 Å². The molecule has 0 radical (unpaired) electrons. The largest absolute Gasteiger partial charge is 0.493 e. The average molecular weight is 165 g/mol. The van der Waals surface area contributed by atoms with E-state index in [1.165, 1.54) is 0 Å². The molecule has 0 aromatic heterocycles. The molecule has 1 heterocycles. The molecule has 0 unspecified atom stereocenters. The Morgan fingerprint density at radius 1 is 1.50 bits per heavy atom. The SMILES string of the molecule is CCOC1=CC(C)(C)C=CN=C1. The minimum absolute atomic E-state index is 0.0427. The van der Waals surface area contributed by atoms with Crippen LogP contribution in [0.5, 0.6) is 0 Å². The quantitative estimate of drug-likeness (QED) is 0.616. The van der Waals surface area contributed by atoms with E-state index in [1.54, 1.807) is 6.21 Å². The normalized spacial score (nSPS) is 20.1. The van der Waals surface area contributed by atoms with Gasteiger partial charge in [0.05, 0.1) is 12.8 Å². The molecule has 0 saturated heterocycles. The summed E-state index contributed by atoms with van der Waals surface area (Å²) < 4.78 is 5.37. The van der Waals surface area contributed by atoms with Crippen LogP contribution < -0.4 is 0 Å².